The van der Waals surface area contributed by atoms with Crippen molar-refractivity contribution in [2.45, 2.75) is 145 Å². The van der Waals surface area contributed by atoms with Gasteiger partial charge >= 0.3 is 11.9 Å². The number of carbonyl (C=O) groups is 2. The normalized spacial score (nSPS) is 27.5. The molecule has 4 saturated heterocycles. The van der Waals surface area contributed by atoms with Gasteiger partial charge in [-0.15, -0.1) is 0 Å². The van der Waals surface area contributed by atoms with Gasteiger partial charge in [-0.2, -0.15) is 0 Å². The second-order valence-electron chi connectivity index (χ2n) is 19.3. The molecule has 12 nitrogen and oxygen atoms in total. The second-order valence-corrected chi connectivity index (χ2v) is 19.3. The van der Waals surface area contributed by atoms with E-state index in [4.69, 9.17) is 37.9 Å². The molecular formula is C52H87N2O10+. The van der Waals surface area contributed by atoms with Gasteiger partial charge in [0.1, 0.15) is 18.2 Å². The number of carbonyl (C=O) groups excluding carboxylic acids is 2. The molecule has 0 radical (unpaired) electrons. The summed E-state index contributed by atoms with van der Waals surface area (Å²) >= 11 is 0. The first-order valence-electron chi connectivity index (χ1n) is 23.3. The van der Waals surface area contributed by atoms with E-state index in [1.807, 2.05) is 12.1 Å². The first-order valence-corrected chi connectivity index (χ1v) is 23.3. The molecule has 0 bridgehead atoms. The van der Waals surface area contributed by atoms with Crippen LogP contribution in [0.5, 0.6) is 23.0 Å². The van der Waals surface area contributed by atoms with Gasteiger partial charge in [-0.1, -0.05) is 76.3 Å². The highest BCUT2D eigenvalue weighted by Gasteiger charge is 2.50. The predicted octanol–water partition coefficient (Wildman–Crippen LogP) is 8.99. The van der Waals surface area contributed by atoms with Gasteiger partial charge in [0.2, 0.25) is 0 Å². The predicted molar refractivity (Wildman–Crippen MR) is 253 cm³/mol. The van der Waals surface area contributed by atoms with E-state index in [1.54, 1.807) is 28.4 Å². The zero-order valence-corrected chi connectivity index (χ0v) is 39.8. The van der Waals surface area contributed by atoms with Crippen molar-refractivity contribution in [2.75, 3.05) is 54.9 Å². The van der Waals surface area contributed by atoms with Crippen molar-refractivity contribution in [3.05, 3.63) is 47.5 Å². The number of rotatable bonds is 20. The van der Waals surface area contributed by atoms with Gasteiger partial charge in [0.15, 0.2) is 29.1 Å². The first-order chi connectivity index (χ1) is 29.7. The summed E-state index contributed by atoms with van der Waals surface area (Å²) in [6, 6.07) is 13.5. The van der Waals surface area contributed by atoms with E-state index in [0.717, 1.165) is 61.5 Å². The fraction of sp³-hybridized carbons (Fsp3) is 0.731. The summed E-state index contributed by atoms with van der Waals surface area (Å²) in [6.07, 6.45) is 5.33. The molecule has 0 saturated carbocycles. The lowest BCUT2D eigenvalue weighted by Gasteiger charge is -2.24. The molecule has 2 aromatic rings. The number of quaternary nitrogens is 1. The average molecular weight is 900 g/mol. The van der Waals surface area contributed by atoms with Gasteiger partial charge < -0.3 is 48.5 Å². The molecule has 6 rings (SSSR count). The number of nitrogens with one attached hydrogen (secondary N) is 1. The molecular weight excluding hydrogens is 813 g/mol. The lowest BCUT2D eigenvalue weighted by Crippen LogP contribution is -2.90. The maximum absolute atomic E-state index is 12.3. The molecule has 0 aliphatic carbocycles. The third-order valence-electron chi connectivity index (χ3n) is 13.8. The Labute approximate surface area is 386 Å². The summed E-state index contributed by atoms with van der Waals surface area (Å²) in [4.78, 5) is 24.7. The zero-order chi connectivity index (χ0) is 45.1. The molecule has 2 aromatic carbocycles. The minimum atomic E-state index is -0.0471. The van der Waals surface area contributed by atoms with Gasteiger partial charge in [0.05, 0.1) is 39.3 Å². The number of benzene rings is 2. The molecule has 12 heteroatoms. The third-order valence-corrected chi connectivity index (χ3v) is 13.8. The highest BCUT2D eigenvalue weighted by molar-refractivity contribution is 5.75. The minimum Gasteiger partial charge on any atom is -0.493 e. The Bertz CT molecular complexity index is 1590. The summed E-state index contributed by atoms with van der Waals surface area (Å²) in [5.41, 5.74) is 2.43. The van der Waals surface area contributed by atoms with E-state index in [-0.39, 0.29) is 62.9 Å². The number of methoxy groups -OCH3 is 4. The lowest BCUT2D eigenvalue weighted by molar-refractivity contribution is -0.716. The molecule has 0 spiro atoms. The fourth-order valence-electron chi connectivity index (χ4n) is 10.0. The van der Waals surface area contributed by atoms with Crippen LogP contribution in [-0.4, -0.2) is 91.1 Å². The Balaban J connectivity index is 0.000000330. The molecule has 4 unspecified atom stereocenters. The molecule has 0 amide bonds. The van der Waals surface area contributed by atoms with Crippen LogP contribution in [0.25, 0.3) is 0 Å². The molecule has 10 atom stereocenters. The molecule has 4 aliphatic heterocycles. The van der Waals surface area contributed by atoms with Crippen molar-refractivity contribution in [3.63, 3.8) is 0 Å². The van der Waals surface area contributed by atoms with Crippen molar-refractivity contribution in [3.8, 4) is 23.0 Å². The second kappa shape index (κ2) is 25.9. The fourth-order valence-corrected chi connectivity index (χ4v) is 10.0. The Kier molecular flexibility index (Phi) is 22.2. The third kappa shape index (κ3) is 13.7. The van der Waals surface area contributed by atoms with Crippen LogP contribution in [0.1, 0.15) is 132 Å². The quantitative estimate of drug-likeness (QED) is 0.0974. The van der Waals surface area contributed by atoms with Crippen LogP contribution in [-0.2, 0) is 28.5 Å². The largest absolute Gasteiger partial charge is 0.493 e. The summed E-state index contributed by atoms with van der Waals surface area (Å²) < 4.78 is 44.9. The van der Waals surface area contributed by atoms with Crippen LogP contribution >= 0.6 is 0 Å². The van der Waals surface area contributed by atoms with Crippen LogP contribution in [0.3, 0.4) is 0 Å². The van der Waals surface area contributed by atoms with Crippen molar-refractivity contribution < 1.29 is 52.8 Å². The van der Waals surface area contributed by atoms with Gasteiger partial charge in [0, 0.05) is 76.7 Å². The zero-order valence-electron chi connectivity index (χ0n) is 39.8. The first kappa shape index (κ1) is 54.8. The summed E-state index contributed by atoms with van der Waals surface area (Å²) in [6.45, 7) is 20.0. The van der Waals surface area contributed by atoms with Gasteiger partial charge in [0.25, 0.3) is 0 Å². The van der Waals surface area contributed by atoms with Crippen LogP contribution in [0.2, 0.25) is 0 Å². The highest BCUT2D eigenvalue weighted by Crippen LogP contribution is 2.44. The molecule has 4 heterocycles. The molecule has 3 N–H and O–H groups in total. The summed E-state index contributed by atoms with van der Waals surface area (Å²) in [5.74, 6) is 5.67. The van der Waals surface area contributed by atoms with E-state index in [2.05, 4.69) is 90.3 Å². The van der Waals surface area contributed by atoms with Gasteiger partial charge in [-0.25, -0.2) is 0 Å². The van der Waals surface area contributed by atoms with E-state index < -0.39 is 0 Å². The minimum absolute atomic E-state index is 0. The Morgan fingerprint density at radius 1 is 0.594 bits per heavy atom. The highest BCUT2D eigenvalue weighted by atomic mass is 16.6. The van der Waals surface area contributed by atoms with Crippen molar-refractivity contribution in [1.29, 1.82) is 0 Å². The smallest absolute Gasteiger partial charge is 0.309 e. The number of ether oxygens (including phenoxy) is 8. The number of cyclic esters (lactones) is 2. The van der Waals surface area contributed by atoms with Crippen molar-refractivity contribution in [2.24, 2.45) is 47.3 Å². The monoisotopic (exact) mass is 900 g/mol. The van der Waals surface area contributed by atoms with Gasteiger partial charge in [-0.05, 0) is 78.3 Å². The SMILES string of the molecule is C.C.COCCCOc1cc(C2NC([C@@H]3C[C@@H](C(C)C)C(=O)O3)C[C@H]2C(C)C)ccc1OC.COCCCOc1cc(C2[NH2+]C([C@@H]3C[C@@H](C(C)C)C(=O)O3)C[C@H]2C(C)C)ccc1OC. The van der Waals surface area contributed by atoms with E-state index in [1.165, 1.54) is 11.1 Å². The van der Waals surface area contributed by atoms with E-state index >= 15 is 0 Å². The lowest BCUT2D eigenvalue weighted by atomic mass is 9.83. The van der Waals surface area contributed by atoms with Crippen molar-refractivity contribution >= 4 is 11.9 Å². The number of hydrogen-bond donors (Lipinski definition) is 2. The number of nitrogens with two attached hydrogens (primary N) is 1. The molecule has 4 fully saturated rings. The van der Waals surface area contributed by atoms with Crippen LogP contribution in [0.15, 0.2) is 36.4 Å². The topological polar surface area (TPSA) is 137 Å². The molecule has 0 aromatic heterocycles. The number of hydrogen-bond acceptors (Lipinski definition) is 11. The Morgan fingerprint density at radius 2 is 1.08 bits per heavy atom. The number of esters is 2. The summed E-state index contributed by atoms with van der Waals surface area (Å²) in [7, 11) is 6.73. The van der Waals surface area contributed by atoms with E-state index in [9.17, 15) is 9.59 Å². The standard InChI is InChI=1S/2C25H39NO5.2CH4/c2*1-15(2)18-13-20(22-14-19(16(3)4)25(27)31-22)26-24(18)17-8-9-21(29-6)23(12-17)30-11-7-10-28-5;;/h2*8-9,12,15-16,18-20,22,24,26H,7,10-11,13-14H2,1-6H3;2*1H4/p+1/t2*18-,19-,20?,22-,24?;;/m00../s1. The maximum Gasteiger partial charge on any atom is 0.309 e. The Hall–Kier alpha value is -3.58. The van der Waals surface area contributed by atoms with Gasteiger partial charge in [-0.3, -0.25) is 9.59 Å². The van der Waals surface area contributed by atoms with Crippen molar-refractivity contribution in [1.82, 2.24) is 5.32 Å². The van der Waals surface area contributed by atoms with Crippen LogP contribution in [0.4, 0.5) is 0 Å². The average Bonchev–Trinajstić information content (AvgIpc) is 4.06. The maximum atomic E-state index is 12.3. The molecule has 64 heavy (non-hydrogen) atoms. The molecule has 364 valence electrons. The Morgan fingerprint density at radius 3 is 1.55 bits per heavy atom. The molecule has 4 aliphatic rings. The van der Waals surface area contributed by atoms with Crippen LogP contribution < -0.4 is 29.6 Å². The van der Waals surface area contributed by atoms with E-state index in [0.29, 0.717) is 74.0 Å². The summed E-state index contributed by atoms with van der Waals surface area (Å²) in [5, 5.41) is 6.24. The van der Waals surface area contributed by atoms with Crippen LogP contribution in [0, 0.1) is 47.3 Å².